The third-order valence-corrected chi connectivity index (χ3v) is 3.74. The second kappa shape index (κ2) is 7.91. The number of carbonyl (C=O) groups is 1. The van der Waals surface area contributed by atoms with E-state index >= 15 is 0 Å². The number of benzene rings is 1. The number of rotatable bonds is 6. The smallest absolute Gasteiger partial charge is 0.259 e. The number of hydrogen-bond acceptors (Lipinski definition) is 4. The molecule has 1 aromatic heterocycles. The Balaban J connectivity index is 2.17. The molecule has 0 spiro atoms. The number of amides is 1. The van der Waals surface area contributed by atoms with Crippen molar-refractivity contribution in [1.82, 2.24) is 4.98 Å². The largest absolute Gasteiger partial charge is 0.394 e. The number of carbonyl (C=O) groups excluding carboxylic acids is 1. The van der Waals surface area contributed by atoms with E-state index < -0.39 is 0 Å². The Morgan fingerprint density at radius 1 is 1.32 bits per heavy atom. The van der Waals surface area contributed by atoms with Crippen molar-refractivity contribution < 1.29 is 9.90 Å². The minimum atomic E-state index is -0.245. The van der Waals surface area contributed by atoms with Crippen LogP contribution >= 0.6 is 15.9 Å². The summed E-state index contributed by atoms with van der Waals surface area (Å²) < 4.78 is 0.947. The molecule has 1 aromatic carbocycles. The fraction of sp³-hybridized carbons (Fsp3) is 0.250. The lowest BCUT2D eigenvalue weighted by Crippen LogP contribution is -2.25. The molecule has 0 fully saturated rings. The van der Waals surface area contributed by atoms with E-state index in [0.717, 1.165) is 10.9 Å². The Hall–Kier alpha value is -1.92. The first-order valence-electron chi connectivity index (χ1n) is 7.03. The van der Waals surface area contributed by atoms with Crippen LogP contribution in [0.5, 0.6) is 0 Å². The molecule has 22 heavy (non-hydrogen) atoms. The van der Waals surface area contributed by atoms with Crippen molar-refractivity contribution in [3.63, 3.8) is 0 Å². The number of anilines is 2. The first-order chi connectivity index (χ1) is 10.6. The van der Waals surface area contributed by atoms with Crippen LogP contribution in [0.15, 0.2) is 47.1 Å². The fourth-order valence-corrected chi connectivity index (χ4v) is 2.17. The van der Waals surface area contributed by atoms with Crippen molar-refractivity contribution in [2.45, 2.75) is 19.4 Å². The molecule has 5 nitrogen and oxygen atoms in total. The van der Waals surface area contributed by atoms with Crippen molar-refractivity contribution in [1.29, 1.82) is 0 Å². The number of halogens is 1. The Morgan fingerprint density at radius 3 is 2.68 bits per heavy atom. The summed E-state index contributed by atoms with van der Waals surface area (Å²) in [6.45, 7) is 1.94. The maximum Gasteiger partial charge on any atom is 0.259 e. The van der Waals surface area contributed by atoms with Crippen molar-refractivity contribution >= 4 is 33.3 Å². The van der Waals surface area contributed by atoms with E-state index in [4.69, 9.17) is 0 Å². The zero-order chi connectivity index (χ0) is 15.9. The number of pyridine rings is 1. The highest BCUT2D eigenvalue weighted by Gasteiger charge is 2.15. The number of aliphatic hydroxyl groups excluding tert-OH is 1. The third-order valence-electron chi connectivity index (χ3n) is 3.21. The summed E-state index contributed by atoms with van der Waals surface area (Å²) in [6.07, 6.45) is 2.35. The lowest BCUT2D eigenvalue weighted by molar-refractivity contribution is 0.102. The summed E-state index contributed by atoms with van der Waals surface area (Å²) in [5.74, 6) is 0.226. The molecule has 116 valence electrons. The maximum atomic E-state index is 12.4. The van der Waals surface area contributed by atoms with Crippen LogP contribution in [-0.2, 0) is 0 Å². The van der Waals surface area contributed by atoms with Gasteiger partial charge in [-0.05, 0) is 42.8 Å². The minimum Gasteiger partial charge on any atom is -0.394 e. The van der Waals surface area contributed by atoms with Gasteiger partial charge >= 0.3 is 0 Å². The molecule has 3 N–H and O–H groups in total. The van der Waals surface area contributed by atoms with Gasteiger partial charge in [-0.3, -0.25) is 4.79 Å². The van der Waals surface area contributed by atoms with E-state index in [2.05, 4.69) is 31.5 Å². The number of aliphatic hydroxyl groups is 1. The molecule has 2 aromatic rings. The molecule has 0 aliphatic heterocycles. The first-order valence-corrected chi connectivity index (χ1v) is 7.82. The van der Waals surface area contributed by atoms with Crippen LogP contribution in [0.2, 0.25) is 0 Å². The van der Waals surface area contributed by atoms with Crippen LogP contribution in [0.25, 0.3) is 0 Å². The summed E-state index contributed by atoms with van der Waals surface area (Å²) in [6, 6.07) is 10.6. The van der Waals surface area contributed by atoms with Gasteiger partial charge in [0.05, 0.1) is 18.2 Å². The molecule has 0 aliphatic rings. The highest BCUT2D eigenvalue weighted by atomic mass is 79.9. The van der Waals surface area contributed by atoms with E-state index in [1.807, 2.05) is 31.2 Å². The van der Waals surface area contributed by atoms with Crippen LogP contribution in [-0.4, -0.2) is 28.6 Å². The monoisotopic (exact) mass is 363 g/mol. The molecule has 0 radical (unpaired) electrons. The number of aromatic nitrogens is 1. The topological polar surface area (TPSA) is 74.2 Å². The molecule has 0 unspecified atom stereocenters. The van der Waals surface area contributed by atoms with Gasteiger partial charge in [0.25, 0.3) is 5.91 Å². The molecule has 1 amide bonds. The summed E-state index contributed by atoms with van der Waals surface area (Å²) in [7, 11) is 0. The number of nitrogens with one attached hydrogen (secondary N) is 2. The molecule has 1 atom stereocenters. The van der Waals surface area contributed by atoms with Gasteiger partial charge in [0.2, 0.25) is 0 Å². The van der Waals surface area contributed by atoms with Gasteiger partial charge in [0.1, 0.15) is 5.82 Å². The molecule has 1 heterocycles. The zero-order valence-electron chi connectivity index (χ0n) is 12.2. The van der Waals surface area contributed by atoms with Gasteiger partial charge in [-0.1, -0.05) is 22.9 Å². The lowest BCUT2D eigenvalue weighted by atomic mass is 10.2. The fourth-order valence-electron chi connectivity index (χ4n) is 1.91. The molecule has 2 rings (SSSR count). The predicted molar refractivity (Wildman–Crippen MR) is 91.1 cm³/mol. The van der Waals surface area contributed by atoms with Crippen molar-refractivity contribution in [2.75, 3.05) is 17.2 Å². The second-order valence-electron chi connectivity index (χ2n) is 4.79. The molecule has 0 saturated heterocycles. The van der Waals surface area contributed by atoms with Gasteiger partial charge in [0, 0.05) is 16.4 Å². The van der Waals surface area contributed by atoms with Gasteiger partial charge in [-0.2, -0.15) is 0 Å². The number of nitrogens with zero attached hydrogens (tertiary/aromatic N) is 1. The summed E-state index contributed by atoms with van der Waals surface area (Å²) in [5, 5.41) is 15.2. The molecule has 6 heteroatoms. The second-order valence-corrected chi connectivity index (χ2v) is 5.71. The van der Waals surface area contributed by atoms with E-state index in [1.54, 1.807) is 18.3 Å². The van der Waals surface area contributed by atoms with Crippen LogP contribution in [0.1, 0.15) is 23.7 Å². The van der Waals surface area contributed by atoms with Gasteiger partial charge < -0.3 is 15.7 Å². The van der Waals surface area contributed by atoms with E-state index in [-0.39, 0.29) is 18.6 Å². The van der Waals surface area contributed by atoms with Crippen molar-refractivity contribution in [2.24, 2.45) is 0 Å². The van der Waals surface area contributed by atoms with Crippen LogP contribution < -0.4 is 10.6 Å². The average Bonchev–Trinajstić information content (AvgIpc) is 2.55. The highest BCUT2D eigenvalue weighted by molar-refractivity contribution is 9.10. The van der Waals surface area contributed by atoms with Gasteiger partial charge in [0.15, 0.2) is 0 Å². The predicted octanol–water partition coefficient (Wildman–Crippen LogP) is 3.28. The maximum absolute atomic E-state index is 12.4. The zero-order valence-corrected chi connectivity index (χ0v) is 13.8. The lowest BCUT2D eigenvalue weighted by Gasteiger charge is -2.17. The van der Waals surface area contributed by atoms with Gasteiger partial charge in [-0.15, -0.1) is 0 Å². The molecular formula is C16H18BrN3O2. The Bertz CT molecular complexity index is 628. The minimum absolute atomic E-state index is 0.0131. The van der Waals surface area contributed by atoms with E-state index in [1.165, 1.54) is 0 Å². The third kappa shape index (κ3) is 4.29. The molecule has 0 saturated carbocycles. The van der Waals surface area contributed by atoms with Crippen molar-refractivity contribution in [3.05, 3.63) is 52.6 Å². The van der Waals surface area contributed by atoms with Gasteiger partial charge in [-0.25, -0.2) is 4.98 Å². The summed E-state index contributed by atoms with van der Waals surface area (Å²) in [5.41, 5.74) is 1.15. The van der Waals surface area contributed by atoms with Crippen LogP contribution in [0.3, 0.4) is 0 Å². The van der Waals surface area contributed by atoms with Crippen LogP contribution in [0, 0.1) is 0 Å². The molecular weight excluding hydrogens is 346 g/mol. The summed E-state index contributed by atoms with van der Waals surface area (Å²) in [4.78, 5) is 16.6. The summed E-state index contributed by atoms with van der Waals surface area (Å²) >= 11 is 3.35. The van der Waals surface area contributed by atoms with E-state index in [9.17, 15) is 9.90 Å². The van der Waals surface area contributed by atoms with Crippen molar-refractivity contribution in [3.8, 4) is 0 Å². The highest BCUT2D eigenvalue weighted by Crippen LogP contribution is 2.18. The number of hydrogen-bond donors (Lipinski definition) is 3. The van der Waals surface area contributed by atoms with E-state index in [0.29, 0.717) is 17.1 Å². The molecule has 0 bridgehead atoms. The Kier molecular flexibility index (Phi) is 5.91. The first kappa shape index (κ1) is 16.5. The standard InChI is InChI=1S/C16H18BrN3O2/c1-2-12(10-21)19-15-14(4-3-9-18-15)16(22)20-13-7-5-11(17)6-8-13/h3-9,12,21H,2,10H2,1H3,(H,18,19)(H,20,22)/t12-/m1/s1. The normalized spacial score (nSPS) is 11.8. The van der Waals surface area contributed by atoms with Crippen LogP contribution in [0.4, 0.5) is 11.5 Å². The molecule has 0 aliphatic carbocycles. The average molecular weight is 364 g/mol. The quantitative estimate of drug-likeness (QED) is 0.736. The Labute approximate surface area is 137 Å². The Morgan fingerprint density at radius 2 is 2.05 bits per heavy atom. The SMILES string of the molecule is CC[C@H](CO)Nc1ncccc1C(=O)Nc1ccc(Br)cc1.